The van der Waals surface area contributed by atoms with Gasteiger partial charge in [-0.25, -0.2) is 8.42 Å². The van der Waals surface area contributed by atoms with Crippen LogP contribution in [0.3, 0.4) is 0 Å². The molecule has 11 heteroatoms. The lowest BCUT2D eigenvalue weighted by molar-refractivity contribution is -0.384. The van der Waals surface area contributed by atoms with Gasteiger partial charge in [-0.15, -0.1) is 0 Å². The van der Waals surface area contributed by atoms with Crippen molar-refractivity contribution in [2.75, 3.05) is 17.9 Å². The van der Waals surface area contributed by atoms with Crippen LogP contribution in [-0.2, 0) is 26.2 Å². The van der Waals surface area contributed by atoms with Crippen molar-refractivity contribution in [2.45, 2.75) is 37.8 Å². The molecule has 0 fully saturated rings. The Hall–Kier alpha value is -4.25. The van der Waals surface area contributed by atoms with Gasteiger partial charge in [0.1, 0.15) is 12.6 Å². The van der Waals surface area contributed by atoms with E-state index < -0.39 is 33.4 Å². The third kappa shape index (κ3) is 6.54. The van der Waals surface area contributed by atoms with E-state index in [1.807, 2.05) is 31.2 Å². The molecular formula is C27H30N4O6S. The van der Waals surface area contributed by atoms with E-state index in [-0.39, 0.29) is 28.7 Å². The third-order valence-corrected chi connectivity index (χ3v) is 7.81. The summed E-state index contributed by atoms with van der Waals surface area (Å²) in [5.41, 5.74) is 1.62. The number of amides is 2. The second kappa shape index (κ2) is 12.3. The van der Waals surface area contributed by atoms with Gasteiger partial charge in [-0.05, 0) is 43.2 Å². The molecule has 0 aliphatic rings. The smallest absolute Gasteiger partial charge is 0.269 e. The Balaban J connectivity index is 2.06. The van der Waals surface area contributed by atoms with E-state index in [4.69, 9.17) is 0 Å². The first-order valence-electron chi connectivity index (χ1n) is 12.0. The minimum Gasteiger partial charge on any atom is -0.357 e. The second-order valence-electron chi connectivity index (χ2n) is 8.65. The van der Waals surface area contributed by atoms with Gasteiger partial charge < -0.3 is 10.2 Å². The van der Waals surface area contributed by atoms with Crippen LogP contribution < -0.4 is 9.62 Å². The summed E-state index contributed by atoms with van der Waals surface area (Å²) in [4.78, 5) is 38.4. The maximum Gasteiger partial charge on any atom is 0.269 e. The minimum absolute atomic E-state index is 0.0465. The van der Waals surface area contributed by atoms with Crippen molar-refractivity contribution in [3.63, 3.8) is 0 Å². The summed E-state index contributed by atoms with van der Waals surface area (Å²) in [6, 6.07) is 19.2. The van der Waals surface area contributed by atoms with Crippen LogP contribution in [0.2, 0.25) is 0 Å². The van der Waals surface area contributed by atoms with Crippen LogP contribution in [0.15, 0.2) is 83.8 Å². The van der Waals surface area contributed by atoms with Gasteiger partial charge in [0.25, 0.3) is 15.7 Å². The molecule has 1 atom stereocenters. The molecule has 0 bridgehead atoms. The van der Waals surface area contributed by atoms with E-state index in [1.54, 1.807) is 25.1 Å². The minimum atomic E-state index is -4.24. The Morgan fingerprint density at radius 3 is 2.21 bits per heavy atom. The number of nitro benzene ring substituents is 1. The number of hydrogen-bond donors (Lipinski definition) is 1. The maximum atomic E-state index is 13.8. The van der Waals surface area contributed by atoms with Crippen molar-refractivity contribution in [1.29, 1.82) is 0 Å². The van der Waals surface area contributed by atoms with E-state index in [0.717, 1.165) is 15.4 Å². The molecule has 2 amide bonds. The number of nitro groups is 1. The summed E-state index contributed by atoms with van der Waals surface area (Å²) in [7, 11) is -2.76. The highest BCUT2D eigenvalue weighted by molar-refractivity contribution is 7.92. The van der Waals surface area contributed by atoms with Crippen molar-refractivity contribution in [3.8, 4) is 0 Å². The van der Waals surface area contributed by atoms with Gasteiger partial charge in [0.2, 0.25) is 11.8 Å². The first-order chi connectivity index (χ1) is 18.1. The van der Waals surface area contributed by atoms with Gasteiger partial charge in [-0.3, -0.25) is 24.0 Å². The number of nitrogens with zero attached hydrogens (tertiary/aromatic N) is 3. The van der Waals surface area contributed by atoms with Crippen molar-refractivity contribution in [2.24, 2.45) is 0 Å². The molecule has 0 saturated heterocycles. The summed E-state index contributed by atoms with van der Waals surface area (Å²) in [6.45, 7) is 3.15. The number of anilines is 1. The van der Waals surface area contributed by atoms with Gasteiger partial charge in [0.05, 0.1) is 15.5 Å². The molecule has 0 aliphatic carbocycles. The molecule has 3 rings (SSSR count). The monoisotopic (exact) mass is 538 g/mol. The molecular weight excluding hydrogens is 508 g/mol. The van der Waals surface area contributed by atoms with Gasteiger partial charge in [0.15, 0.2) is 0 Å². The van der Waals surface area contributed by atoms with Crippen LogP contribution in [0.25, 0.3) is 0 Å². The summed E-state index contributed by atoms with van der Waals surface area (Å²) < 4.78 is 28.3. The second-order valence-corrected chi connectivity index (χ2v) is 10.5. The molecule has 0 saturated carbocycles. The fourth-order valence-electron chi connectivity index (χ4n) is 4.08. The van der Waals surface area contributed by atoms with Gasteiger partial charge in [0, 0.05) is 25.7 Å². The highest BCUT2D eigenvalue weighted by atomic mass is 32.2. The molecule has 0 aromatic heterocycles. The fourth-order valence-corrected chi connectivity index (χ4v) is 5.52. The van der Waals surface area contributed by atoms with Crippen molar-refractivity contribution in [3.05, 3.63) is 100 Å². The lowest BCUT2D eigenvalue weighted by Crippen LogP contribution is -2.51. The molecule has 0 radical (unpaired) electrons. The normalized spacial score (nSPS) is 11.9. The predicted molar refractivity (Wildman–Crippen MR) is 144 cm³/mol. The number of likely N-dealkylation sites (N-methyl/N-ethyl adjacent to an activating group) is 1. The Morgan fingerprint density at radius 1 is 1.00 bits per heavy atom. The van der Waals surface area contributed by atoms with E-state index >= 15 is 0 Å². The van der Waals surface area contributed by atoms with Gasteiger partial charge in [-0.1, -0.05) is 55.0 Å². The standard InChI is InChI=1S/C27H30N4O6S/c1-4-25(27(33)28-3)29(18-21-10-8-9-20(2)17-21)26(32)19-30(22-13-15-23(16-14-22)31(34)35)38(36,37)24-11-6-5-7-12-24/h5-17,25H,4,18-19H2,1-3H3,(H,28,33)/t25-/m0/s1. The molecule has 1 N–H and O–H groups in total. The average Bonchev–Trinajstić information content (AvgIpc) is 2.91. The van der Waals surface area contributed by atoms with Gasteiger partial charge >= 0.3 is 0 Å². The molecule has 3 aromatic carbocycles. The summed E-state index contributed by atoms with van der Waals surface area (Å²) in [6.07, 6.45) is 0.306. The first kappa shape index (κ1) is 28.3. The molecule has 0 unspecified atom stereocenters. The quantitative estimate of drug-likeness (QED) is 0.293. The van der Waals surface area contributed by atoms with Crippen LogP contribution >= 0.6 is 0 Å². The summed E-state index contributed by atoms with van der Waals surface area (Å²) in [5, 5.41) is 13.7. The topological polar surface area (TPSA) is 130 Å². The Labute approximate surface area is 222 Å². The van der Waals surface area contributed by atoms with Gasteiger partial charge in [-0.2, -0.15) is 0 Å². The molecule has 0 aliphatic heterocycles. The summed E-state index contributed by atoms with van der Waals surface area (Å²) in [5.74, 6) is -0.971. The zero-order valence-electron chi connectivity index (χ0n) is 21.4. The largest absolute Gasteiger partial charge is 0.357 e. The number of hydrogen-bond acceptors (Lipinski definition) is 6. The lowest BCUT2D eigenvalue weighted by Gasteiger charge is -2.33. The number of aryl methyl sites for hydroxylation is 1. The van der Waals surface area contributed by atoms with Crippen molar-refractivity contribution in [1.82, 2.24) is 10.2 Å². The molecule has 0 heterocycles. The SMILES string of the molecule is CC[C@@H](C(=O)NC)N(Cc1cccc(C)c1)C(=O)CN(c1ccc([N+](=O)[O-])cc1)S(=O)(=O)c1ccccc1. The lowest BCUT2D eigenvalue weighted by atomic mass is 10.1. The maximum absolute atomic E-state index is 13.8. The number of non-ortho nitro benzene ring substituents is 1. The average molecular weight is 539 g/mol. The van der Waals surface area contributed by atoms with E-state index in [9.17, 15) is 28.1 Å². The van der Waals surface area contributed by atoms with Crippen LogP contribution in [-0.4, -0.2) is 49.7 Å². The van der Waals surface area contributed by atoms with E-state index in [1.165, 1.54) is 48.3 Å². The number of nitrogens with one attached hydrogen (secondary N) is 1. The zero-order valence-corrected chi connectivity index (χ0v) is 22.2. The third-order valence-electron chi connectivity index (χ3n) is 6.03. The number of carbonyl (C=O) groups is 2. The Kier molecular flexibility index (Phi) is 9.19. The van der Waals surface area contributed by atoms with Crippen LogP contribution in [0.4, 0.5) is 11.4 Å². The Morgan fingerprint density at radius 2 is 1.66 bits per heavy atom. The van der Waals surface area contributed by atoms with E-state index in [2.05, 4.69) is 5.32 Å². The van der Waals surface area contributed by atoms with Crippen molar-refractivity contribution < 1.29 is 22.9 Å². The molecule has 38 heavy (non-hydrogen) atoms. The van der Waals surface area contributed by atoms with Crippen LogP contribution in [0.5, 0.6) is 0 Å². The van der Waals surface area contributed by atoms with Crippen molar-refractivity contribution >= 4 is 33.2 Å². The number of sulfonamides is 1. The van der Waals surface area contributed by atoms with E-state index in [0.29, 0.717) is 6.42 Å². The number of rotatable bonds is 11. The molecule has 0 spiro atoms. The van der Waals surface area contributed by atoms with Crippen LogP contribution in [0.1, 0.15) is 24.5 Å². The molecule has 10 nitrogen and oxygen atoms in total. The number of carbonyl (C=O) groups excluding carboxylic acids is 2. The fraction of sp³-hybridized carbons (Fsp3) is 0.259. The first-order valence-corrected chi connectivity index (χ1v) is 13.4. The molecule has 200 valence electrons. The highest BCUT2D eigenvalue weighted by Gasteiger charge is 2.33. The summed E-state index contributed by atoms with van der Waals surface area (Å²) >= 11 is 0. The van der Waals surface area contributed by atoms with Crippen LogP contribution in [0, 0.1) is 17.0 Å². The zero-order chi connectivity index (χ0) is 27.9. The predicted octanol–water partition coefficient (Wildman–Crippen LogP) is 3.65. The highest BCUT2D eigenvalue weighted by Crippen LogP contribution is 2.26. The number of benzene rings is 3. The Bertz CT molecular complexity index is 1390. The molecule has 3 aromatic rings.